The summed E-state index contributed by atoms with van der Waals surface area (Å²) in [5.41, 5.74) is 0. The Labute approximate surface area is 78.3 Å². The molecule has 1 rings (SSSR count). The first-order valence-electron chi connectivity index (χ1n) is 3.28. The number of hydrogen-bond acceptors (Lipinski definition) is 3. The van der Waals surface area contributed by atoms with Crippen molar-refractivity contribution in [3.05, 3.63) is 15.9 Å². The van der Waals surface area contributed by atoms with Crippen molar-refractivity contribution in [2.45, 2.75) is 6.92 Å². The molecule has 4 heteroatoms. The summed E-state index contributed by atoms with van der Waals surface area (Å²) < 4.78 is 11.3. The van der Waals surface area contributed by atoms with Gasteiger partial charge in [0.25, 0.3) is 0 Å². The second kappa shape index (κ2) is 4.74. The van der Waals surface area contributed by atoms with Crippen LogP contribution in [-0.4, -0.2) is 13.4 Å². The molecule has 1 aromatic rings. The standard InChI is InChI=1S/C7H9BrO2S/c1-2-9-5-10-7-6(8)3-4-11-7/h3-4H,2,5H2,1H3. The van der Waals surface area contributed by atoms with Crippen molar-refractivity contribution in [1.29, 1.82) is 0 Å². The number of ether oxygens (including phenoxy) is 2. The van der Waals surface area contributed by atoms with Crippen LogP contribution in [0.5, 0.6) is 5.06 Å². The molecule has 0 aliphatic rings. The van der Waals surface area contributed by atoms with Crippen molar-refractivity contribution < 1.29 is 9.47 Å². The molecule has 0 amide bonds. The Hall–Kier alpha value is -0.0600. The van der Waals surface area contributed by atoms with E-state index in [9.17, 15) is 0 Å². The Morgan fingerprint density at radius 1 is 1.64 bits per heavy atom. The zero-order valence-electron chi connectivity index (χ0n) is 6.17. The molecular weight excluding hydrogens is 228 g/mol. The van der Waals surface area contributed by atoms with Gasteiger partial charge in [-0.3, -0.25) is 0 Å². The average Bonchev–Trinajstić information content (AvgIpc) is 2.37. The molecule has 0 unspecified atom stereocenters. The Morgan fingerprint density at radius 2 is 2.45 bits per heavy atom. The number of thiophene rings is 1. The number of rotatable bonds is 4. The van der Waals surface area contributed by atoms with Crippen molar-refractivity contribution in [3.63, 3.8) is 0 Å². The lowest BCUT2D eigenvalue weighted by Crippen LogP contribution is -2.00. The quantitative estimate of drug-likeness (QED) is 0.592. The van der Waals surface area contributed by atoms with Crippen LogP contribution in [0.1, 0.15) is 6.92 Å². The maximum absolute atomic E-state index is 5.27. The first-order valence-corrected chi connectivity index (χ1v) is 4.95. The van der Waals surface area contributed by atoms with Gasteiger partial charge in [-0.15, -0.1) is 11.3 Å². The van der Waals surface area contributed by atoms with Crippen LogP contribution >= 0.6 is 27.3 Å². The Balaban J connectivity index is 2.32. The average molecular weight is 237 g/mol. The number of halogens is 1. The van der Waals surface area contributed by atoms with E-state index < -0.39 is 0 Å². The van der Waals surface area contributed by atoms with Gasteiger partial charge in [-0.2, -0.15) is 0 Å². The van der Waals surface area contributed by atoms with Crippen LogP contribution in [-0.2, 0) is 4.74 Å². The van der Waals surface area contributed by atoms with E-state index in [0.717, 1.165) is 9.54 Å². The largest absolute Gasteiger partial charge is 0.457 e. The molecule has 0 aliphatic carbocycles. The maximum Gasteiger partial charge on any atom is 0.191 e. The van der Waals surface area contributed by atoms with Crippen LogP contribution in [0.4, 0.5) is 0 Å². The smallest absolute Gasteiger partial charge is 0.191 e. The molecule has 1 heterocycles. The van der Waals surface area contributed by atoms with Gasteiger partial charge in [0, 0.05) is 6.61 Å². The highest BCUT2D eigenvalue weighted by molar-refractivity contribution is 9.10. The molecular formula is C7H9BrO2S. The summed E-state index contributed by atoms with van der Waals surface area (Å²) in [6.45, 7) is 2.95. The van der Waals surface area contributed by atoms with Crippen LogP contribution in [0.3, 0.4) is 0 Å². The molecule has 0 aromatic carbocycles. The minimum absolute atomic E-state index is 0.329. The van der Waals surface area contributed by atoms with Gasteiger partial charge in [0.15, 0.2) is 11.9 Å². The minimum atomic E-state index is 0.329. The molecule has 0 fully saturated rings. The predicted octanol–water partition coefficient (Wildman–Crippen LogP) is 2.88. The highest BCUT2D eigenvalue weighted by atomic mass is 79.9. The fourth-order valence-electron chi connectivity index (χ4n) is 0.561. The van der Waals surface area contributed by atoms with Gasteiger partial charge >= 0.3 is 0 Å². The second-order valence-corrected chi connectivity index (χ2v) is 3.54. The van der Waals surface area contributed by atoms with Gasteiger partial charge in [-0.25, -0.2) is 0 Å². The maximum atomic E-state index is 5.27. The SMILES string of the molecule is CCOCOc1sccc1Br. The molecule has 0 saturated carbocycles. The lowest BCUT2D eigenvalue weighted by atomic mass is 10.6. The van der Waals surface area contributed by atoms with E-state index in [0.29, 0.717) is 13.4 Å². The van der Waals surface area contributed by atoms with Crippen molar-refractivity contribution >= 4 is 27.3 Å². The highest BCUT2D eigenvalue weighted by Crippen LogP contribution is 2.30. The van der Waals surface area contributed by atoms with E-state index >= 15 is 0 Å². The molecule has 0 aliphatic heterocycles. The second-order valence-electron chi connectivity index (χ2n) is 1.81. The molecule has 2 nitrogen and oxygen atoms in total. The lowest BCUT2D eigenvalue weighted by Gasteiger charge is -2.02. The molecule has 0 N–H and O–H groups in total. The summed E-state index contributed by atoms with van der Waals surface area (Å²) in [6, 6.07) is 1.95. The Morgan fingerprint density at radius 3 is 3.00 bits per heavy atom. The minimum Gasteiger partial charge on any atom is -0.457 e. The lowest BCUT2D eigenvalue weighted by molar-refractivity contribution is 0.0243. The summed E-state index contributed by atoms with van der Waals surface area (Å²) in [6.07, 6.45) is 0. The molecule has 1 aromatic heterocycles. The van der Waals surface area contributed by atoms with E-state index in [-0.39, 0.29) is 0 Å². The van der Waals surface area contributed by atoms with Gasteiger partial charge < -0.3 is 9.47 Å². The molecule has 0 radical (unpaired) electrons. The molecule has 0 bridgehead atoms. The molecule has 0 saturated heterocycles. The van der Waals surface area contributed by atoms with E-state index in [1.807, 2.05) is 18.4 Å². The van der Waals surface area contributed by atoms with Crippen molar-refractivity contribution in [2.24, 2.45) is 0 Å². The summed E-state index contributed by atoms with van der Waals surface area (Å²) in [4.78, 5) is 0. The van der Waals surface area contributed by atoms with Crippen LogP contribution in [0.25, 0.3) is 0 Å². The first-order chi connectivity index (χ1) is 5.34. The molecule has 0 spiro atoms. The van der Waals surface area contributed by atoms with Gasteiger partial charge in [0.05, 0.1) is 4.47 Å². The zero-order chi connectivity index (χ0) is 8.10. The van der Waals surface area contributed by atoms with Crippen LogP contribution in [0, 0.1) is 0 Å². The molecule has 0 atom stereocenters. The van der Waals surface area contributed by atoms with E-state index in [1.54, 1.807) is 11.3 Å². The van der Waals surface area contributed by atoms with Gasteiger partial charge in [0.1, 0.15) is 0 Å². The van der Waals surface area contributed by atoms with Crippen molar-refractivity contribution in [1.82, 2.24) is 0 Å². The third-order valence-corrected chi connectivity index (χ3v) is 2.77. The Bertz CT molecular complexity index is 212. The molecule has 62 valence electrons. The first kappa shape index (κ1) is 9.03. The van der Waals surface area contributed by atoms with Crippen molar-refractivity contribution in [2.75, 3.05) is 13.4 Å². The fraction of sp³-hybridized carbons (Fsp3) is 0.429. The number of hydrogen-bond donors (Lipinski definition) is 0. The van der Waals surface area contributed by atoms with Crippen molar-refractivity contribution in [3.8, 4) is 5.06 Å². The van der Waals surface area contributed by atoms with E-state index in [1.165, 1.54) is 0 Å². The summed E-state index contributed by atoms with van der Waals surface area (Å²) in [5.74, 6) is 0. The highest BCUT2D eigenvalue weighted by Gasteiger charge is 2.00. The summed E-state index contributed by atoms with van der Waals surface area (Å²) >= 11 is 4.90. The summed E-state index contributed by atoms with van der Waals surface area (Å²) in [7, 11) is 0. The van der Waals surface area contributed by atoms with Crippen LogP contribution in [0.15, 0.2) is 15.9 Å². The Kier molecular flexibility index (Phi) is 3.90. The molecule has 11 heavy (non-hydrogen) atoms. The van der Waals surface area contributed by atoms with Crippen LogP contribution in [0.2, 0.25) is 0 Å². The van der Waals surface area contributed by atoms with E-state index in [2.05, 4.69) is 15.9 Å². The third kappa shape index (κ3) is 2.81. The monoisotopic (exact) mass is 236 g/mol. The summed E-state index contributed by atoms with van der Waals surface area (Å²) in [5, 5.41) is 2.84. The van der Waals surface area contributed by atoms with Gasteiger partial charge in [-0.1, -0.05) is 0 Å². The normalized spacial score (nSPS) is 10.0. The van der Waals surface area contributed by atoms with Gasteiger partial charge in [-0.05, 0) is 34.3 Å². The van der Waals surface area contributed by atoms with Gasteiger partial charge in [0.2, 0.25) is 0 Å². The fourth-order valence-corrected chi connectivity index (χ4v) is 1.89. The predicted molar refractivity (Wildman–Crippen MR) is 49.1 cm³/mol. The van der Waals surface area contributed by atoms with E-state index in [4.69, 9.17) is 9.47 Å². The zero-order valence-corrected chi connectivity index (χ0v) is 8.57. The topological polar surface area (TPSA) is 18.5 Å². The van der Waals surface area contributed by atoms with Crippen LogP contribution < -0.4 is 4.74 Å². The third-order valence-electron chi connectivity index (χ3n) is 1.06.